The fourth-order valence-electron chi connectivity index (χ4n) is 1.77. The van der Waals surface area contributed by atoms with Gasteiger partial charge in [0.15, 0.2) is 0 Å². The van der Waals surface area contributed by atoms with E-state index in [1.807, 2.05) is 0 Å². The molecule has 0 aromatic heterocycles. The number of nitrogens with zero attached hydrogens (tertiary/aromatic N) is 1. The number of benzene rings is 1. The summed E-state index contributed by atoms with van der Waals surface area (Å²) in [7, 11) is 0. The maximum atomic E-state index is 11.4. The van der Waals surface area contributed by atoms with Gasteiger partial charge in [-0.15, -0.1) is 0 Å². The second kappa shape index (κ2) is 6.19. The average molecular weight is 320 g/mol. The molecule has 1 atom stereocenters. The van der Waals surface area contributed by atoms with Crippen LogP contribution >= 0.6 is 23.2 Å². The second-order valence-corrected chi connectivity index (χ2v) is 5.04. The van der Waals surface area contributed by atoms with E-state index in [4.69, 9.17) is 37.8 Å². The molecule has 1 saturated heterocycles. The Morgan fingerprint density at radius 2 is 2.05 bits per heavy atom. The van der Waals surface area contributed by atoms with Gasteiger partial charge in [-0.2, -0.15) is 0 Å². The smallest absolute Gasteiger partial charge is 0.410 e. The van der Waals surface area contributed by atoms with E-state index >= 15 is 0 Å². The Kier molecular flexibility index (Phi) is 4.57. The lowest BCUT2D eigenvalue weighted by atomic mass is 10.3. The predicted octanol–water partition coefficient (Wildman–Crippen LogP) is 2.28. The van der Waals surface area contributed by atoms with Crippen LogP contribution in [0.3, 0.4) is 0 Å². The van der Waals surface area contributed by atoms with Crippen LogP contribution in [0.1, 0.15) is 0 Å². The van der Waals surface area contributed by atoms with Crippen LogP contribution in [0.5, 0.6) is 5.75 Å². The fraction of sp³-hybridized carbons (Fsp3) is 0.333. The summed E-state index contributed by atoms with van der Waals surface area (Å²) in [6.07, 6.45) is -0.662. The zero-order valence-electron chi connectivity index (χ0n) is 10.2. The van der Waals surface area contributed by atoms with E-state index in [0.717, 1.165) is 4.90 Å². The van der Waals surface area contributed by atoms with Crippen LogP contribution in [0, 0.1) is 0 Å². The zero-order valence-corrected chi connectivity index (χ0v) is 11.7. The van der Waals surface area contributed by atoms with Crippen LogP contribution in [0.2, 0.25) is 10.0 Å². The number of carboxylic acid groups (broad SMARTS) is 1. The second-order valence-electron chi connectivity index (χ2n) is 4.17. The Hall–Kier alpha value is -1.66. The van der Waals surface area contributed by atoms with Crippen molar-refractivity contribution in [2.45, 2.75) is 6.04 Å². The van der Waals surface area contributed by atoms with Crippen molar-refractivity contribution < 1.29 is 24.2 Å². The van der Waals surface area contributed by atoms with E-state index in [2.05, 4.69) is 0 Å². The molecule has 1 aromatic rings. The van der Waals surface area contributed by atoms with Crippen LogP contribution in [0.15, 0.2) is 18.2 Å². The number of aliphatic carboxylic acids is 1. The third-order valence-electron chi connectivity index (χ3n) is 2.66. The molecular formula is C12H11Cl2NO5. The van der Waals surface area contributed by atoms with E-state index < -0.39 is 24.6 Å². The summed E-state index contributed by atoms with van der Waals surface area (Å²) in [5, 5.41) is 9.59. The lowest BCUT2D eigenvalue weighted by Crippen LogP contribution is -2.41. The molecule has 1 heterocycles. The highest BCUT2D eigenvalue weighted by Gasteiger charge is 2.34. The highest BCUT2D eigenvalue weighted by atomic mass is 35.5. The predicted molar refractivity (Wildman–Crippen MR) is 71.4 cm³/mol. The summed E-state index contributed by atoms with van der Waals surface area (Å²) in [5.74, 6) is -0.670. The number of cyclic esters (lactones) is 1. The maximum absolute atomic E-state index is 11.4. The number of amides is 1. The molecule has 1 aliphatic heterocycles. The molecule has 0 bridgehead atoms. The molecule has 2 rings (SSSR count). The van der Waals surface area contributed by atoms with E-state index in [1.165, 1.54) is 0 Å². The van der Waals surface area contributed by atoms with Crippen molar-refractivity contribution in [2.24, 2.45) is 0 Å². The first-order chi connectivity index (χ1) is 9.45. The van der Waals surface area contributed by atoms with Crippen LogP contribution in [-0.4, -0.2) is 47.9 Å². The summed E-state index contributed by atoms with van der Waals surface area (Å²) in [4.78, 5) is 23.2. The lowest BCUT2D eigenvalue weighted by molar-refractivity contribution is -0.138. The van der Waals surface area contributed by atoms with Crippen molar-refractivity contribution in [1.82, 2.24) is 4.90 Å². The molecule has 0 radical (unpaired) electrons. The van der Waals surface area contributed by atoms with Crippen molar-refractivity contribution in [3.8, 4) is 5.75 Å². The van der Waals surface area contributed by atoms with Gasteiger partial charge in [0.05, 0.1) is 0 Å². The molecule has 0 unspecified atom stereocenters. The number of carbonyl (C=O) groups is 2. The third kappa shape index (κ3) is 3.68. The summed E-state index contributed by atoms with van der Waals surface area (Å²) in [5.41, 5.74) is 0. The molecule has 0 aliphatic carbocycles. The number of ether oxygens (including phenoxy) is 2. The number of hydrogen-bond acceptors (Lipinski definition) is 4. The summed E-state index contributed by atoms with van der Waals surface area (Å²) in [6.45, 7) is -0.251. The van der Waals surface area contributed by atoms with Crippen LogP contribution in [-0.2, 0) is 9.53 Å². The Labute approximate surface area is 124 Å². The summed E-state index contributed by atoms with van der Waals surface area (Å²) in [6, 6.07) is 4.25. The minimum atomic E-state index is -1.11. The van der Waals surface area contributed by atoms with Crippen molar-refractivity contribution in [2.75, 3.05) is 19.8 Å². The maximum Gasteiger partial charge on any atom is 0.410 e. The molecule has 1 N–H and O–H groups in total. The fourth-order valence-corrected chi connectivity index (χ4v) is 2.28. The first-order valence-electron chi connectivity index (χ1n) is 5.70. The standard InChI is InChI=1S/C12H11Cl2NO5/c13-7-1-8(14)3-10(2-7)19-5-9-6-20-12(18)15(9)4-11(16)17/h1-3,9H,4-6H2,(H,16,17)/t9-/m1/s1. The Morgan fingerprint density at radius 1 is 1.40 bits per heavy atom. The highest BCUT2D eigenvalue weighted by molar-refractivity contribution is 6.34. The van der Waals surface area contributed by atoms with Gasteiger partial charge in [0.1, 0.15) is 31.5 Å². The molecule has 8 heteroatoms. The molecule has 1 amide bonds. The first-order valence-corrected chi connectivity index (χ1v) is 6.45. The molecule has 1 aliphatic rings. The van der Waals surface area contributed by atoms with Crippen molar-refractivity contribution in [1.29, 1.82) is 0 Å². The van der Waals surface area contributed by atoms with Gasteiger partial charge in [-0.3, -0.25) is 9.69 Å². The number of rotatable bonds is 5. The molecule has 20 heavy (non-hydrogen) atoms. The minimum Gasteiger partial charge on any atom is -0.491 e. The van der Waals surface area contributed by atoms with Gasteiger partial charge in [-0.25, -0.2) is 4.79 Å². The van der Waals surface area contributed by atoms with E-state index in [-0.39, 0.29) is 13.2 Å². The molecule has 0 saturated carbocycles. The molecule has 108 valence electrons. The molecule has 1 aromatic carbocycles. The molecular weight excluding hydrogens is 309 g/mol. The van der Waals surface area contributed by atoms with Gasteiger partial charge >= 0.3 is 12.1 Å². The van der Waals surface area contributed by atoms with Gasteiger partial charge in [0.25, 0.3) is 0 Å². The molecule has 6 nitrogen and oxygen atoms in total. The van der Waals surface area contributed by atoms with Gasteiger partial charge in [-0.1, -0.05) is 23.2 Å². The van der Waals surface area contributed by atoms with Gasteiger partial charge < -0.3 is 14.6 Å². The number of hydrogen-bond donors (Lipinski definition) is 1. The summed E-state index contributed by atoms with van der Waals surface area (Å²) < 4.78 is 10.3. The van der Waals surface area contributed by atoms with E-state index in [0.29, 0.717) is 15.8 Å². The highest BCUT2D eigenvalue weighted by Crippen LogP contribution is 2.25. The lowest BCUT2D eigenvalue weighted by Gasteiger charge is -2.19. The molecule has 1 fully saturated rings. The SMILES string of the molecule is O=C(O)CN1C(=O)OC[C@H]1COc1cc(Cl)cc(Cl)c1. The minimum absolute atomic E-state index is 0.0837. The molecule has 0 spiro atoms. The Balaban J connectivity index is 1.98. The quantitative estimate of drug-likeness (QED) is 0.901. The zero-order chi connectivity index (χ0) is 14.7. The van der Waals surface area contributed by atoms with E-state index in [9.17, 15) is 9.59 Å². The van der Waals surface area contributed by atoms with Crippen LogP contribution in [0.25, 0.3) is 0 Å². The first kappa shape index (κ1) is 14.7. The van der Waals surface area contributed by atoms with Gasteiger partial charge in [0, 0.05) is 10.0 Å². The Morgan fingerprint density at radius 3 is 2.65 bits per heavy atom. The third-order valence-corrected chi connectivity index (χ3v) is 3.09. The number of carbonyl (C=O) groups excluding carboxylic acids is 1. The van der Waals surface area contributed by atoms with Crippen molar-refractivity contribution >= 4 is 35.3 Å². The van der Waals surface area contributed by atoms with Gasteiger partial charge in [-0.05, 0) is 18.2 Å². The topological polar surface area (TPSA) is 76.1 Å². The largest absolute Gasteiger partial charge is 0.491 e. The monoisotopic (exact) mass is 319 g/mol. The van der Waals surface area contributed by atoms with E-state index in [1.54, 1.807) is 18.2 Å². The van der Waals surface area contributed by atoms with Crippen LogP contribution in [0.4, 0.5) is 4.79 Å². The van der Waals surface area contributed by atoms with Crippen LogP contribution < -0.4 is 4.74 Å². The van der Waals surface area contributed by atoms with Crippen molar-refractivity contribution in [3.05, 3.63) is 28.2 Å². The number of carboxylic acids is 1. The normalized spacial score (nSPS) is 18.0. The van der Waals surface area contributed by atoms with Gasteiger partial charge in [0.2, 0.25) is 0 Å². The van der Waals surface area contributed by atoms with Crippen molar-refractivity contribution in [3.63, 3.8) is 0 Å². The Bertz CT molecular complexity index is 516. The average Bonchev–Trinajstić information content (AvgIpc) is 2.67. The number of halogens is 2. The summed E-state index contributed by atoms with van der Waals surface area (Å²) >= 11 is 11.7.